The molecule has 0 fully saturated rings. The first kappa shape index (κ1) is 33.5. The van der Waals surface area contributed by atoms with Crippen LogP contribution in [0.15, 0.2) is 71.6 Å². The van der Waals surface area contributed by atoms with Crippen LogP contribution in [0.2, 0.25) is 5.02 Å². The minimum absolute atomic E-state index is 0.0672. The van der Waals surface area contributed by atoms with Crippen LogP contribution in [0.5, 0.6) is 17.2 Å². The quantitative estimate of drug-likeness (QED) is 0.269. The van der Waals surface area contributed by atoms with Crippen LogP contribution < -0.4 is 23.8 Å². The number of ether oxygens (including phenoxy) is 3. The Kier molecular flexibility index (Phi) is 11.7. The summed E-state index contributed by atoms with van der Waals surface area (Å²) in [5, 5.41) is 3.28. The van der Waals surface area contributed by atoms with Gasteiger partial charge in [0.15, 0.2) is 11.5 Å². The fourth-order valence-corrected chi connectivity index (χ4v) is 6.02. The molecule has 12 heteroatoms. The smallest absolute Gasteiger partial charge is 0.264 e. The van der Waals surface area contributed by atoms with Crippen LogP contribution in [-0.2, 0) is 26.2 Å². The van der Waals surface area contributed by atoms with E-state index in [1.165, 1.54) is 49.5 Å². The summed E-state index contributed by atoms with van der Waals surface area (Å²) in [7, 11) is 0.0852. The molecule has 0 aliphatic rings. The normalized spacial score (nSPS) is 11.9. The Morgan fingerprint density at radius 2 is 1.51 bits per heavy atom. The maximum Gasteiger partial charge on any atom is 0.264 e. The molecule has 10 nitrogen and oxygen atoms in total. The maximum atomic E-state index is 14.2. The Morgan fingerprint density at radius 3 is 2.05 bits per heavy atom. The third-order valence-corrected chi connectivity index (χ3v) is 8.69. The number of hydrogen-bond acceptors (Lipinski definition) is 7. The molecule has 0 aliphatic carbocycles. The molecule has 0 heterocycles. The topological polar surface area (TPSA) is 114 Å². The van der Waals surface area contributed by atoms with Crippen molar-refractivity contribution in [2.75, 3.05) is 32.2 Å². The van der Waals surface area contributed by atoms with E-state index >= 15 is 0 Å². The molecule has 0 saturated heterocycles. The lowest BCUT2D eigenvalue weighted by atomic mass is 10.1. The molecule has 1 atom stereocenters. The Morgan fingerprint density at radius 1 is 0.884 bits per heavy atom. The number of nitrogens with zero attached hydrogens (tertiary/aromatic N) is 2. The van der Waals surface area contributed by atoms with Gasteiger partial charge in [-0.05, 0) is 74.4 Å². The molecule has 3 aromatic rings. The third kappa shape index (κ3) is 8.32. The van der Waals surface area contributed by atoms with Crippen molar-refractivity contribution >= 4 is 39.1 Å². The van der Waals surface area contributed by atoms with Crippen molar-refractivity contribution in [2.24, 2.45) is 0 Å². The highest BCUT2D eigenvalue weighted by molar-refractivity contribution is 7.92. The number of anilines is 1. The van der Waals surface area contributed by atoms with E-state index in [1.54, 1.807) is 50.4 Å². The summed E-state index contributed by atoms with van der Waals surface area (Å²) in [5.74, 6) is 0.300. The molecule has 0 saturated carbocycles. The van der Waals surface area contributed by atoms with Gasteiger partial charge in [-0.25, -0.2) is 8.42 Å². The van der Waals surface area contributed by atoms with Crippen molar-refractivity contribution in [3.8, 4) is 17.2 Å². The number of halogens is 1. The summed E-state index contributed by atoms with van der Waals surface area (Å²) in [6.45, 7) is 4.95. The highest BCUT2D eigenvalue weighted by atomic mass is 35.5. The fourth-order valence-electron chi connectivity index (χ4n) is 4.47. The van der Waals surface area contributed by atoms with Crippen LogP contribution in [0, 0.1) is 0 Å². The highest BCUT2D eigenvalue weighted by Gasteiger charge is 2.34. The number of carbonyl (C=O) groups excluding carboxylic acids is 2. The van der Waals surface area contributed by atoms with Crippen molar-refractivity contribution in [1.29, 1.82) is 0 Å². The van der Waals surface area contributed by atoms with Crippen molar-refractivity contribution in [1.82, 2.24) is 10.2 Å². The lowest BCUT2D eigenvalue weighted by Crippen LogP contribution is -2.53. The van der Waals surface area contributed by atoms with Gasteiger partial charge in [-0.2, -0.15) is 0 Å². The predicted molar refractivity (Wildman–Crippen MR) is 166 cm³/mol. The molecule has 1 unspecified atom stereocenters. The molecule has 0 aliphatic heterocycles. The second-order valence-corrected chi connectivity index (χ2v) is 12.3. The van der Waals surface area contributed by atoms with E-state index in [2.05, 4.69) is 5.32 Å². The predicted octanol–water partition coefficient (Wildman–Crippen LogP) is 4.89. The molecule has 2 amide bonds. The average Bonchev–Trinajstić information content (AvgIpc) is 2.99. The highest BCUT2D eigenvalue weighted by Crippen LogP contribution is 2.33. The lowest BCUT2D eigenvalue weighted by Gasteiger charge is -2.33. The first-order chi connectivity index (χ1) is 20.4. The number of benzene rings is 3. The van der Waals surface area contributed by atoms with Crippen molar-refractivity contribution < 1.29 is 32.2 Å². The molecule has 0 radical (unpaired) electrons. The van der Waals surface area contributed by atoms with Gasteiger partial charge in [-0.1, -0.05) is 30.7 Å². The van der Waals surface area contributed by atoms with Gasteiger partial charge < -0.3 is 24.4 Å². The largest absolute Gasteiger partial charge is 0.497 e. The molecule has 232 valence electrons. The monoisotopic (exact) mass is 631 g/mol. The Labute approximate surface area is 258 Å². The SMILES string of the molecule is CCC(C(=O)NC(C)C)N(Cc1ccc(OC)cc1)C(=O)CN(c1ccc(Cl)cc1)S(=O)(=O)c1ccc(OC)c(OC)c1. The number of nitrogens with one attached hydrogen (secondary N) is 1. The summed E-state index contributed by atoms with van der Waals surface area (Å²) in [4.78, 5) is 28.7. The average molecular weight is 632 g/mol. The van der Waals surface area contributed by atoms with Crippen LogP contribution in [-0.4, -0.2) is 65.1 Å². The maximum absolute atomic E-state index is 14.2. The lowest BCUT2D eigenvalue weighted by molar-refractivity contribution is -0.140. The minimum atomic E-state index is -4.32. The first-order valence-electron chi connectivity index (χ1n) is 13.7. The standard InChI is InChI=1S/C31H38ClN3O7S/c1-7-27(31(37)33-21(2)3)34(19-22-8-14-25(40-4)15-9-22)30(36)20-35(24-12-10-23(32)11-13-24)43(38,39)26-16-17-28(41-5)29(18-26)42-6/h8-18,21,27H,7,19-20H2,1-6H3,(H,33,37). The molecule has 0 bridgehead atoms. The van der Waals surface area contributed by atoms with Crippen LogP contribution in [0.4, 0.5) is 5.69 Å². The molecule has 43 heavy (non-hydrogen) atoms. The van der Waals surface area contributed by atoms with Crippen molar-refractivity contribution in [2.45, 2.75) is 50.7 Å². The van der Waals surface area contributed by atoms with E-state index in [4.69, 9.17) is 25.8 Å². The summed E-state index contributed by atoms with van der Waals surface area (Å²) >= 11 is 6.10. The molecular formula is C31H38ClN3O7S. The van der Waals surface area contributed by atoms with E-state index in [0.717, 1.165) is 9.87 Å². The van der Waals surface area contributed by atoms with Gasteiger partial charge in [-0.3, -0.25) is 13.9 Å². The first-order valence-corrected chi connectivity index (χ1v) is 15.5. The molecule has 0 spiro atoms. The van der Waals surface area contributed by atoms with Gasteiger partial charge in [-0.15, -0.1) is 0 Å². The molecular weight excluding hydrogens is 594 g/mol. The van der Waals surface area contributed by atoms with Crippen molar-refractivity contribution in [3.05, 3.63) is 77.3 Å². The zero-order chi connectivity index (χ0) is 31.7. The number of amides is 2. The van der Waals surface area contributed by atoms with Crippen LogP contribution in [0.3, 0.4) is 0 Å². The Hall–Kier alpha value is -3.96. The third-order valence-electron chi connectivity index (χ3n) is 6.67. The van der Waals surface area contributed by atoms with Crippen LogP contribution in [0.25, 0.3) is 0 Å². The summed E-state index contributed by atoms with van der Waals surface area (Å²) < 4.78 is 45.1. The Bertz CT molecular complexity index is 1500. The van der Waals surface area contributed by atoms with Gasteiger partial charge in [0, 0.05) is 23.7 Å². The van der Waals surface area contributed by atoms with Gasteiger partial charge >= 0.3 is 0 Å². The molecule has 1 N–H and O–H groups in total. The van der Waals surface area contributed by atoms with Gasteiger partial charge in [0.1, 0.15) is 18.3 Å². The van der Waals surface area contributed by atoms with Crippen LogP contribution >= 0.6 is 11.6 Å². The number of methoxy groups -OCH3 is 3. The van der Waals surface area contributed by atoms with E-state index < -0.39 is 28.5 Å². The fraction of sp³-hybridized carbons (Fsp3) is 0.355. The molecule has 0 aromatic heterocycles. The zero-order valence-corrected chi connectivity index (χ0v) is 26.7. The van der Waals surface area contributed by atoms with E-state index in [-0.39, 0.29) is 34.8 Å². The summed E-state index contributed by atoms with van der Waals surface area (Å²) in [6.07, 6.45) is 0.309. The second kappa shape index (κ2) is 15.0. The van der Waals surface area contributed by atoms with E-state index in [1.807, 2.05) is 13.8 Å². The number of sulfonamides is 1. The van der Waals surface area contributed by atoms with Gasteiger partial charge in [0.2, 0.25) is 11.8 Å². The van der Waals surface area contributed by atoms with Crippen LogP contribution in [0.1, 0.15) is 32.8 Å². The number of rotatable bonds is 14. The Balaban J connectivity index is 2.09. The summed E-state index contributed by atoms with van der Waals surface area (Å²) in [6, 6.07) is 16.4. The second-order valence-electron chi connectivity index (χ2n) is 9.96. The van der Waals surface area contributed by atoms with Crippen molar-refractivity contribution in [3.63, 3.8) is 0 Å². The van der Waals surface area contributed by atoms with E-state index in [9.17, 15) is 18.0 Å². The van der Waals surface area contributed by atoms with Gasteiger partial charge in [0.05, 0.1) is 31.9 Å². The number of carbonyl (C=O) groups is 2. The number of hydrogen-bond donors (Lipinski definition) is 1. The van der Waals surface area contributed by atoms with Gasteiger partial charge in [0.25, 0.3) is 10.0 Å². The minimum Gasteiger partial charge on any atom is -0.497 e. The summed E-state index contributed by atoms with van der Waals surface area (Å²) in [5.41, 5.74) is 0.961. The molecule has 3 rings (SSSR count). The zero-order valence-electron chi connectivity index (χ0n) is 25.2. The molecule has 3 aromatic carbocycles. The van der Waals surface area contributed by atoms with E-state index in [0.29, 0.717) is 22.9 Å².